The molecule has 1 unspecified atom stereocenters. The lowest BCUT2D eigenvalue weighted by Crippen LogP contribution is -2.31. The zero-order valence-corrected chi connectivity index (χ0v) is 12.6. The van der Waals surface area contributed by atoms with Gasteiger partial charge in [-0.3, -0.25) is 10.1 Å². The van der Waals surface area contributed by atoms with Gasteiger partial charge in [-0.05, 0) is 24.0 Å². The number of thioether (sulfide) groups is 1. The normalized spacial score (nSPS) is 18.5. The van der Waals surface area contributed by atoms with Crippen molar-refractivity contribution in [1.82, 2.24) is 10.7 Å². The monoisotopic (exact) mass is 301 g/mol. The van der Waals surface area contributed by atoms with Crippen LogP contribution in [0.25, 0.3) is 0 Å². The van der Waals surface area contributed by atoms with Crippen molar-refractivity contribution in [2.75, 3.05) is 6.26 Å². The molecule has 21 heavy (non-hydrogen) atoms. The van der Waals surface area contributed by atoms with Gasteiger partial charge >= 0.3 is 0 Å². The molecule has 0 fully saturated rings. The van der Waals surface area contributed by atoms with E-state index in [0.717, 1.165) is 17.0 Å². The minimum Gasteiger partial charge on any atom is -0.273 e. The van der Waals surface area contributed by atoms with Crippen LogP contribution in [0.5, 0.6) is 0 Å². The van der Waals surface area contributed by atoms with Crippen LogP contribution in [0.2, 0.25) is 0 Å². The number of amides is 1. The molecule has 1 atom stereocenters. The van der Waals surface area contributed by atoms with Gasteiger partial charge in [0, 0.05) is 12.3 Å². The first-order valence-corrected chi connectivity index (χ1v) is 7.61. The summed E-state index contributed by atoms with van der Waals surface area (Å²) in [6, 6.07) is 7.54. The van der Waals surface area contributed by atoms with Crippen molar-refractivity contribution in [3.63, 3.8) is 0 Å². The number of nitriles is 1. The van der Waals surface area contributed by atoms with Crippen LogP contribution in [0.3, 0.4) is 0 Å². The maximum absolute atomic E-state index is 11.2. The highest BCUT2D eigenvalue weighted by atomic mass is 32.2. The maximum Gasteiger partial charge on any atom is 0.240 e. The van der Waals surface area contributed by atoms with Crippen molar-refractivity contribution in [3.05, 3.63) is 29.8 Å². The summed E-state index contributed by atoms with van der Waals surface area (Å²) in [5.41, 5.74) is 5.08. The standard InChI is InChI=1S/C14H15N5OS/c1-9-7-12(20)18-19-13(9)10-3-5-11(6-4-10)17-14(21-2)16-8-15/h3-6,9H,7H2,1-2H3,(H,16,17)(H,18,20). The number of hydrogen-bond acceptors (Lipinski definition) is 5. The van der Waals surface area contributed by atoms with Crippen LogP contribution in [-0.4, -0.2) is 23.0 Å². The molecule has 7 heteroatoms. The van der Waals surface area contributed by atoms with Crippen molar-refractivity contribution in [2.24, 2.45) is 16.0 Å². The lowest BCUT2D eigenvalue weighted by atomic mass is 9.94. The van der Waals surface area contributed by atoms with E-state index in [1.807, 2.05) is 43.6 Å². The number of carbonyl (C=O) groups is 1. The van der Waals surface area contributed by atoms with Crippen LogP contribution >= 0.6 is 11.8 Å². The molecule has 1 heterocycles. The summed E-state index contributed by atoms with van der Waals surface area (Å²) < 4.78 is 0. The molecule has 1 aliphatic rings. The SMILES string of the molecule is CSC(=Nc1ccc(C2=NNC(=O)CC2C)cc1)NC#N. The Labute approximate surface area is 127 Å². The zero-order chi connectivity index (χ0) is 15.2. The van der Waals surface area contributed by atoms with Crippen LogP contribution in [-0.2, 0) is 4.79 Å². The molecule has 1 aromatic rings. The molecule has 108 valence electrons. The molecule has 0 radical (unpaired) electrons. The average molecular weight is 301 g/mol. The summed E-state index contributed by atoms with van der Waals surface area (Å²) in [7, 11) is 0. The number of rotatable bonds is 2. The van der Waals surface area contributed by atoms with Gasteiger partial charge in [0.1, 0.15) is 0 Å². The lowest BCUT2D eigenvalue weighted by Gasteiger charge is -2.19. The van der Waals surface area contributed by atoms with Crippen molar-refractivity contribution >= 4 is 34.2 Å². The predicted octanol–water partition coefficient (Wildman–Crippen LogP) is 1.97. The number of nitrogens with zero attached hydrogens (tertiary/aromatic N) is 3. The quantitative estimate of drug-likeness (QED) is 0.378. The predicted molar refractivity (Wildman–Crippen MR) is 84.3 cm³/mol. The fourth-order valence-corrected chi connectivity index (χ4v) is 2.34. The van der Waals surface area contributed by atoms with E-state index in [-0.39, 0.29) is 11.8 Å². The number of aliphatic imine (C=N–C) groups is 1. The average Bonchev–Trinajstić information content (AvgIpc) is 2.48. The molecule has 0 aromatic heterocycles. The van der Waals surface area contributed by atoms with E-state index < -0.39 is 0 Å². The van der Waals surface area contributed by atoms with Gasteiger partial charge in [-0.25, -0.2) is 10.4 Å². The summed E-state index contributed by atoms with van der Waals surface area (Å²) >= 11 is 1.37. The second kappa shape index (κ2) is 6.90. The van der Waals surface area contributed by atoms with Crippen LogP contribution in [0, 0.1) is 17.4 Å². The van der Waals surface area contributed by atoms with Crippen LogP contribution in [0.15, 0.2) is 34.4 Å². The van der Waals surface area contributed by atoms with E-state index in [0.29, 0.717) is 11.6 Å². The fourth-order valence-electron chi connectivity index (χ4n) is 2.00. The van der Waals surface area contributed by atoms with Crippen LogP contribution < -0.4 is 10.7 Å². The molecule has 1 aliphatic heterocycles. The van der Waals surface area contributed by atoms with Gasteiger partial charge in [0.15, 0.2) is 11.4 Å². The molecule has 6 nitrogen and oxygen atoms in total. The van der Waals surface area contributed by atoms with E-state index >= 15 is 0 Å². The summed E-state index contributed by atoms with van der Waals surface area (Å²) in [4.78, 5) is 15.6. The van der Waals surface area contributed by atoms with E-state index in [2.05, 4.69) is 20.8 Å². The van der Waals surface area contributed by atoms with Gasteiger partial charge in [0.2, 0.25) is 5.91 Å². The minimum atomic E-state index is -0.0559. The number of benzene rings is 1. The van der Waals surface area contributed by atoms with Gasteiger partial charge in [-0.1, -0.05) is 30.8 Å². The first-order valence-electron chi connectivity index (χ1n) is 6.38. The van der Waals surface area contributed by atoms with Crippen molar-refractivity contribution in [1.29, 1.82) is 5.26 Å². The molecular weight excluding hydrogens is 286 g/mol. The van der Waals surface area contributed by atoms with Crippen molar-refractivity contribution in [3.8, 4) is 6.19 Å². The first-order chi connectivity index (χ1) is 10.1. The minimum absolute atomic E-state index is 0.0559. The number of carbonyl (C=O) groups excluding carboxylic acids is 1. The Bertz CT molecular complexity index is 630. The van der Waals surface area contributed by atoms with Crippen molar-refractivity contribution in [2.45, 2.75) is 13.3 Å². The molecule has 1 aromatic carbocycles. The largest absolute Gasteiger partial charge is 0.273 e. The molecule has 2 N–H and O–H groups in total. The van der Waals surface area contributed by atoms with Gasteiger partial charge in [0.05, 0.1) is 11.4 Å². The molecule has 0 aliphatic carbocycles. The number of hydrogen-bond donors (Lipinski definition) is 2. The second-order valence-electron chi connectivity index (χ2n) is 4.54. The first kappa shape index (κ1) is 15.1. The molecule has 1 amide bonds. The Hall–Kier alpha value is -2.33. The zero-order valence-electron chi connectivity index (χ0n) is 11.8. The molecule has 0 spiro atoms. The Kier molecular flexibility index (Phi) is 4.95. The Morgan fingerprint density at radius 1 is 1.52 bits per heavy atom. The highest BCUT2D eigenvalue weighted by molar-refractivity contribution is 8.13. The van der Waals surface area contributed by atoms with E-state index in [9.17, 15) is 4.79 Å². The third kappa shape index (κ3) is 3.83. The third-order valence-electron chi connectivity index (χ3n) is 3.01. The summed E-state index contributed by atoms with van der Waals surface area (Å²) in [6.45, 7) is 1.98. The summed E-state index contributed by atoms with van der Waals surface area (Å²) in [5, 5.41) is 15.8. The number of amidine groups is 1. The fraction of sp³-hybridized carbons (Fsp3) is 0.286. The van der Waals surface area contributed by atoms with E-state index in [1.165, 1.54) is 11.8 Å². The maximum atomic E-state index is 11.2. The van der Waals surface area contributed by atoms with Gasteiger partial charge in [-0.15, -0.1) is 0 Å². The summed E-state index contributed by atoms with van der Waals surface area (Å²) in [6.07, 6.45) is 4.14. The second-order valence-corrected chi connectivity index (χ2v) is 5.34. The van der Waals surface area contributed by atoms with Gasteiger partial charge < -0.3 is 0 Å². The topological polar surface area (TPSA) is 89.6 Å². The Morgan fingerprint density at radius 2 is 2.24 bits per heavy atom. The third-order valence-corrected chi connectivity index (χ3v) is 3.59. The van der Waals surface area contributed by atoms with Gasteiger partial charge in [0.25, 0.3) is 0 Å². The van der Waals surface area contributed by atoms with E-state index in [4.69, 9.17) is 5.26 Å². The van der Waals surface area contributed by atoms with Crippen molar-refractivity contribution < 1.29 is 4.79 Å². The lowest BCUT2D eigenvalue weighted by molar-refractivity contribution is -0.121. The Balaban J connectivity index is 2.20. The Morgan fingerprint density at radius 3 is 2.81 bits per heavy atom. The molecule has 0 bridgehead atoms. The number of hydrazone groups is 1. The van der Waals surface area contributed by atoms with Crippen LogP contribution in [0.1, 0.15) is 18.9 Å². The molecule has 2 rings (SSSR count). The highest BCUT2D eigenvalue weighted by Gasteiger charge is 2.21. The number of nitrogens with one attached hydrogen (secondary N) is 2. The smallest absolute Gasteiger partial charge is 0.240 e. The molecular formula is C14H15N5OS. The molecule has 0 saturated heterocycles. The van der Waals surface area contributed by atoms with Gasteiger partial charge in [-0.2, -0.15) is 10.4 Å². The highest BCUT2D eigenvalue weighted by Crippen LogP contribution is 2.20. The van der Waals surface area contributed by atoms with Crippen LogP contribution in [0.4, 0.5) is 5.69 Å². The van der Waals surface area contributed by atoms with E-state index in [1.54, 1.807) is 0 Å². The molecule has 0 saturated carbocycles. The summed E-state index contributed by atoms with van der Waals surface area (Å²) in [5.74, 6) is 0.0368.